The Hall–Kier alpha value is -0.580. The van der Waals surface area contributed by atoms with Crippen molar-refractivity contribution in [3.8, 4) is 5.75 Å². The van der Waals surface area contributed by atoms with E-state index in [0.717, 1.165) is 23.1 Å². The summed E-state index contributed by atoms with van der Waals surface area (Å²) in [5.74, 6) is 6.07. The van der Waals surface area contributed by atoms with E-state index >= 15 is 0 Å². The molecule has 0 saturated heterocycles. The van der Waals surface area contributed by atoms with Crippen molar-refractivity contribution in [3.05, 3.63) is 28.2 Å². The molecule has 2 rings (SSSR count). The zero-order valence-corrected chi connectivity index (χ0v) is 10.2. The first-order chi connectivity index (χ1) is 7.22. The fourth-order valence-corrected chi connectivity index (χ4v) is 2.25. The van der Waals surface area contributed by atoms with Crippen molar-refractivity contribution < 1.29 is 9.57 Å². The molecule has 2 N–H and O–H groups in total. The summed E-state index contributed by atoms with van der Waals surface area (Å²) < 4.78 is 6.39. The highest BCUT2D eigenvalue weighted by molar-refractivity contribution is 9.10. The molecule has 0 aromatic heterocycles. The quantitative estimate of drug-likeness (QED) is 0.856. The Bertz CT molecular complexity index is 364. The van der Waals surface area contributed by atoms with Gasteiger partial charge in [0.2, 0.25) is 0 Å². The van der Waals surface area contributed by atoms with Crippen molar-refractivity contribution in [3.63, 3.8) is 0 Å². The summed E-state index contributed by atoms with van der Waals surface area (Å²) in [7, 11) is 1.69. The number of hydrogen-bond acceptors (Lipinski definition) is 3. The van der Waals surface area contributed by atoms with Crippen LogP contribution in [-0.2, 0) is 10.3 Å². The van der Waals surface area contributed by atoms with E-state index in [4.69, 9.17) is 15.5 Å². The summed E-state index contributed by atoms with van der Waals surface area (Å²) in [6, 6.07) is 6.08. The van der Waals surface area contributed by atoms with Gasteiger partial charge in [0.05, 0.1) is 13.7 Å². The minimum absolute atomic E-state index is 0.0841. The molecule has 1 saturated carbocycles. The number of benzene rings is 1. The third-order valence-corrected chi connectivity index (χ3v) is 3.44. The Balaban J connectivity index is 2.35. The molecule has 82 valence electrons. The molecule has 0 amide bonds. The molecule has 15 heavy (non-hydrogen) atoms. The topological polar surface area (TPSA) is 44.5 Å². The first-order valence-electron chi connectivity index (χ1n) is 4.87. The maximum absolute atomic E-state index is 5.37. The van der Waals surface area contributed by atoms with Gasteiger partial charge in [0.25, 0.3) is 0 Å². The van der Waals surface area contributed by atoms with Crippen LogP contribution in [0.3, 0.4) is 0 Å². The van der Waals surface area contributed by atoms with Gasteiger partial charge in [0.1, 0.15) is 5.75 Å². The van der Waals surface area contributed by atoms with Crippen molar-refractivity contribution in [1.82, 2.24) is 0 Å². The van der Waals surface area contributed by atoms with E-state index in [9.17, 15) is 0 Å². The van der Waals surface area contributed by atoms with Crippen LogP contribution in [0.2, 0.25) is 0 Å². The molecule has 1 fully saturated rings. The van der Waals surface area contributed by atoms with Crippen molar-refractivity contribution in [2.75, 3.05) is 13.7 Å². The molecule has 0 spiro atoms. The molecule has 0 heterocycles. The van der Waals surface area contributed by atoms with E-state index in [2.05, 4.69) is 22.0 Å². The van der Waals surface area contributed by atoms with Crippen LogP contribution in [0.1, 0.15) is 18.4 Å². The number of hydrogen-bond donors (Lipinski definition) is 1. The Labute approximate surface area is 97.6 Å². The molecule has 1 aromatic carbocycles. The van der Waals surface area contributed by atoms with Crippen LogP contribution < -0.4 is 10.6 Å². The number of halogens is 1. The standard InChI is InChI=1S/C11H14BrNO2/c1-14-10-6-8(12)2-3-9(10)11(4-5-11)7-15-13/h2-3,6H,4-5,7,13H2,1H3. The normalized spacial score (nSPS) is 17.5. The highest BCUT2D eigenvalue weighted by Gasteiger charge is 2.46. The molecule has 3 nitrogen and oxygen atoms in total. The predicted octanol–water partition coefficient (Wildman–Crippen LogP) is 2.38. The van der Waals surface area contributed by atoms with E-state index in [1.54, 1.807) is 7.11 Å². The van der Waals surface area contributed by atoms with E-state index in [0.29, 0.717) is 6.61 Å². The Morgan fingerprint density at radius 1 is 1.47 bits per heavy atom. The van der Waals surface area contributed by atoms with Crippen LogP contribution in [0.25, 0.3) is 0 Å². The summed E-state index contributed by atoms with van der Waals surface area (Å²) in [6.07, 6.45) is 2.23. The first kappa shape index (κ1) is 10.9. The fraction of sp³-hybridized carbons (Fsp3) is 0.455. The van der Waals surface area contributed by atoms with Gasteiger partial charge in [-0.15, -0.1) is 0 Å². The number of nitrogens with two attached hydrogens (primary N) is 1. The smallest absolute Gasteiger partial charge is 0.123 e. The van der Waals surface area contributed by atoms with Crippen LogP contribution in [-0.4, -0.2) is 13.7 Å². The highest BCUT2D eigenvalue weighted by atomic mass is 79.9. The molecular formula is C11H14BrNO2. The Kier molecular flexibility index (Phi) is 3.00. The van der Waals surface area contributed by atoms with E-state index in [1.807, 2.05) is 12.1 Å². The molecule has 1 aliphatic carbocycles. The van der Waals surface area contributed by atoms with Crippen molar-refractivity contribution in [1.29, 1.82) is 0 Å². The van der Waals surface area contributed by atoms with Crippen LogP contribution in [0.15, 0.2) is 22.7 Å². The fourth-order valence-electron chi connectivity index (χ4n) is 1.91. The predicted molar refractivity (Wildman–Crippen MR) is 61.7 cm³/mol. The van der Waals surface area contributed by atoms with Gasteiger partial charge in [-0.25, -0.2) is 5.90 Å². The zero-order chi connectivity index (χ0) is 10.9. The molecule has 0 bridgehead atoms. The minimum Gasteiger partial charge on any atom is -0.496 e. The lowest BCUT2D eigenvalue weighted by Crippen LogP contribution is -2.18. The van der Waals surface area contributed by atoms with Crippen molar-refractivity contribution in [2.24, 2.45) is 5.90 Å². The molecule has 4 heteroatoms. The van der Waals surface area contributed by atoms with E-state index in [-0.39, 0.29) is 5.41 Å². The molecule has 1 aliphatic rings. The average Bonchev–Trinajstić information content (AvgIpc) is 2.99. The summed E-state index contributed by atoms with van der Waals surface area (Å²) in [6.45, 7) is 0.561. The maximum Gasteiger partial charge on any atom is 0.123 e. The maximum atomic E-state index is 5.37. The molecule has 1 aromatic rings. The average molecular weight is 272 g/mol. The van der Waals surface area contributed by atoms with Gasteiger partial charge in [-0.2, -0.15) is 0 Å². The number of methoxy groups -OCH3 is 1. The van der Waals surface area contributed by atoms with Gasteiger partial charge >= 0.3 is 0 Å². The van der Waals surface area contributed by atoms with Gasteiger partial charge in [-0.1, -0.05) is 22.0 Å². The number of ether oxygens (including phenoxy) is 1. The summed E-state index contributed by atoms with van der Waals surface area (Å²) in [5, 5.41) is 0. The first-order valence-corrected chi connectivity index (χ1v) is 5.67. The molecule has 0 atom stereocenters. The lowest BCUT2D eigenvalue weighted by Gasteiger charge is -2.17. The largest absolute Gasteiger partial charge is 0.496 e. The Morgan fingerprint density at radius 3 is 2.73 bits per heavy atom. The molecule has 0 radical (unpaired) electrons. The third kappa shape index (κ3) is 2.02. The van der Waals surface area contributed by atoms with Crippen LogP contribution in [0.4, 0.5) is 0 Å². The monoisotopic (exact) mass is 271 g/mol. The summed E-state index contributed by atoms with van der Waals surface area (Å²) in [4.78, 5) is 4.79. The minimum atomic E-state index is 0.0841. The second-order valence-corrected chi connectivity index (χ2v) is 4.85. The van der Waals surface area contributed by atoms with Crippen LogP contribution in [0.5, 0.6) is 5.75 Å². The lowest BCUT2D eigenvalue weighted by atomic mass is 9.96. The van der Waals surface area contributed by atoms with Crippen molar-refractivity contribution in [2.45, 2.75) is 18.3 Å². The summed E-state index contributed by atoms with van der Waals surface area (Å²) in [5.41, 5.74) is 1.28. The van der Waals surface area contributed by atoms with Crippen LogP contribution >= 0.6 is 15.9 Å². The Morgan fingerprint density at radius 2 is 2.20 bits per heavy atom. The highest BCUT2D eigenvalue weighted by Crippen LogP contribution is 2.51. The summed E-state index contributed by atoms with van der Waals surface area (Å²) >= 11 is 3.43. The van der Waals surface area contributed by atoms with Crippen molar-refractivity contribution >= 4 is 15.9 Å². The van der Waals surface area contributed by atoms with Crippen LogP contribution in [0, 0.1) is 0 Å². The molecule has 0 unspecified atom stereocenters. The van der Waals surface area contributed by atoms with Gasteiger partial charge in [0, 0.05) is 15.5 Å². The van der Waals surface area contributed by atoms with Gasteiger partial charge in [-0.05, 0) is 25.0 Å². The third-order valence-electron chi connectivity index (χ3n) is 2.95. The lowest BCUT2D eigenvalue weighted by molar-refractivity contribution is 0.115. The van der Waals surface area contributed by atoms with Gasteiger partial charge < -0.3 is 9.57 Å². The van der Waals surface area contributed by atoms with Gasteiger partial charge in [-0.3, -0.25) is 0 Å². The number of rotatable bonds is 4. The SMILES string of the molecule is COc1cc(Br)ccc1C1(CON)CC1. The second-order valence-electron chi connectivity index (χ2n) is 3.94. The zero-order valence-electron chi connectivity index (χ0n) is 8.63. The molecule has 0 aliphatic heterocycles. The van der Waals surface area contributed by atoms with E-state index in [1.165, 1.54) is 5.56 Å². The second kappa shape index (κ2) is 4.12. The van der Waals surface area contributed by atoms with E-state index < -0.39 is 0 Å². The molecular weight excluding hydrogens is 258 g/mol. The van der Waals surface area contributed by atoms with Gasteiger partial charge in [0.15, 0.2) is 0 Å².